The minimum atomic E-state index is 0.0453. The third-order valence-corrected chi connectivity index (χ3v) is 2.92. The lowest BCUT2D eigenvalue weighted by atomic mass is 9.94. The lowest BCUT2D eigenvalue weighted by molar-refractivity contribution is 0.405. The van der Waals surface area contributed by atoms with Gasteiger partial charge in [-0.15, -0.1) is 10.2 Å². The number of nitrogens with zero attached hydrogens (tertiary/aromatic N) is 3. The van der Waals surface area contributed by atoms with E-state index in [1.54, 1.807) is 12.4 Å². The van der Waals surface area contributed by atoms with E-state index in [0.29, 0.717) is 6.54 Å². The Balaban J connectivity index is 2.03. The molecule has 2 aromatic rings. The third kappa shape index (κ3) is 3.72. The number of hydrogen-bond acceptors (Lipinski definition) is 5. The molecule has 0 aromatic carbocycles. The van der Waals surface area contributed by atoms with Gasteiger partial charge < -0.3 is 11.1 Å². The molecule has 5 nitrogen and oxygen atoms in total. The predicted molar refractivity (Wildman–Crippen MR) is 76.6 cm³/mol. The molecule has 2 rings (SSSR count). The molecular formula is C14H19N5. The first kappa shape index (κ1) is 13.4. The van der Waals surface area contributed by atoms with Crippen LogP contribution in [-0.4, -0.2) is 28.3 Å². The fraction of sp³-hybridized carbons (Fsp3) is 0.357. The van der Waals surface area contributed by atoms with Gasteiger partial charge >= 0.3 is 0 Å². The van der Waals surface area contributed by atoms with E-state index in [1.807, 2.05) is 24.3 Å². The highest BCUT2D eigenvalue weighted by Gasteiger charge is 2.15. The van der Waals surface area contributed by atoms with Crippen LogP contribution in [0.3, 0.4) is 0 Å². The van der Waals surface area contributed by atoms with Gasteiger partial charge in [-0.3, -0.25) is 4.98 Å². The summed E-state index contributed by atoms with van der Waals surface area (Å²) in [7, 11) is 0. The average molecular weight is 257 g/mol. The molecule has 0 aliphatic rings. The van der Waals surface area contributed by atoms with Crippen molar-refractivity contribution < 1.29 is 0 Å². The quantitative estimate of drug-likeness (QED) is 0.856. The number of nitrogens with one attached hydrogen (secondary N) is 1. The van der Waals surface area contributed by atoms with Gasteiger partial charge in [-0.1, -0.05) is 13.8 Å². The van der Waals surface area contributed by atoms with Crippen molar-refractivity contribution in [1.82, 2.24) is 15.2 Å². The highest BCUT2D eigenvalue weighted by atomic mass is 15.2. The zero-order valence-corrected chi connectivity index (χ0v) is 11.3. The van der Waals surface area contributed by atoms with Crippen LogP contribution >= 0.6 is 0 Å². The van der Waals surface area contributed by atoms with Crippen molar-refractivity contribution in [3.63, 3.8) is 0 Å². The molecule has 0 saturated heterocycles. The van der Waals surface area contributed by atoms with Crippen molar-refractivity contribution >= 4 is 5.82 Å². The van der Waals surface area contributed by atoms with Gasteiger partial charge in [0.05, 0.1) is 5.69 Å². The Morgan fingerprint density at radius 2 is 2.05 bits per heavy atom. The molecule has 0 amide bonds. The molecule has 0 fully saturated rings. The van der Waals surface area contributed by atoms with Gasteiger partial charge in [0.15, 0.2) is 0 Å². The second kappa shape index (κ2) is 5.75. The van der Waals surface area contributed by atoms with E-state index >= 15 is 0 Å². The molecular weight excluding hydrogens is 238 g/mol. The number of hydrogen-bond donors (Lipinski definition) is 2. The molecule has 0 unspecified atom stereocenters. The normalized spacial score (nSPS) is 11.3. The van der Waals surface area contributed by atoms with E-state index in [2.05, 4.69) is 34.3 Å². The molecule has 0 spiro atoms. The van der Waals surface area contributed by atoms with E-state index in [-0.39, 0.29) is 5.41 Å². The summed E-state index contributed by atoms with van der Waals surface area (Å²) in [4.78, 5) is 4.07. The van der Waals surface area contributed by atoms with Crippen molar-refractivity contribution in [2.24, 2.45) is 11.1 Å². The van der Waals surface area contributed by atoms with E-state index < -0.39 is 0 Å². The summed E-state index contributed by atoms with van der Waals surface area (Å²) in [6, 6.07) is 7.69. The van der Waals surface area contributed by atoms with Gasteiger partial charge in [0, 0.05) is 24.5 Å². The van der Waals surface area contributed by atoms with E-state index in [0.717, 1.165) is 23.6 Å². The topological polar surface area (TPSA) is 76.7 Å². The molecule has 3 N–H and O–H groups in total. The first-order valence-corrected chi connectivity index (χ1v) is 6.29. The van der Waals surface area contributed by atoms with Gasteiger partial charge in [-0.2, -0.15) is 0 Å². The molecule has 2 heterocycles. The van der Waals surface area contributed by atoms with Crippen molar-refractivity contribution in [3.05, 3.63) is 36.7 Å². The Morgan fingerprint density at radius 1 is 1.21 bits per heavy atom. The van der Waals surface area contributed by atoms with Crippen LogP contribution in [0.25, 0.3) is 11.3 Å². The maximum absolute atomic E-state index is 5.69. The van der Waals surface area contributed by atoms with Crippen LogP contribution in [-0.2, 0) is 0 Å². The number of anilines is 1. The molecule has 2 aromatic heterocycles. The summed E-state index contributed by atoms with van der Waals surface area (Å²) < 4.78 is 0. The molecule has 0 saturated carbocycles. The monoisotopic (exact) mass is 257 g/mol. The van der Waals surface area contributed by atoms with Crippen LogP contribution in [0.5, 0.6) is 0 Å². The molecule has 19 heavy (non-hydrogen) atoms. The minimum absolute atomic E-state index is 0.0453. The summed E-state index contributed by atoms with van der Waals surface area (Å²) in [6.45, 7) is 5.61. The summed E-state index contributed by atoms with van der Waals surface area (Å²) >= 11 is 0. The number of rotatable bonds is 5. The van der Waals surface area contributed by atoms with E-state index in [9.17, 15) is 0 Å². The zero-order chi connectivity index (χ0) is 13.7. The molecule has 0 aliphatic carbocycles. The number of pyridine rings is 1. The Hall–Kier alpha value is -2.01. The highest BCUT2D eigenvalue weighted by molar-refractivity contribution is 5.57. The van der Waals surface area contributed by atoms with Crippen LogP contribution in [0.1, 0.15) is 13.8 Å². The largest absolute Gasteiger partial charge is 0.368 e. The number of nitrogens with two attached hydrogens (primary N) is 1. The first-order valence-electron chi connectivity index (χ1n) is 6.29. The van der Waals surface area contributed by atoms with Crippen molar-refractivity contribution in [2.45, 2.75) is 13.8 Å². The van der Waals surface area contributed by atoms with E-state index in [1.165, 1.54) is 0 Å². The van der Waals surface area contributed by atoms with Gasteiger partial charge in [0.25, 0.3) is 0 Å². The molecule has 0 radical (unpaired) electrons. The Kier molecular flexibility index (Phi) is 4.06. The number of aromatic nitrogens is 3. The maximum Gasteiger partial charge on any atom is 0.148 e. The van der Waals surface area contributed by atoms with Crippen LogP contribution in [0.15, 0.2) is 36.7 Å². The van der Waals surface area contributed by atoms with Crippen molar-refractivity contribution in [2.75, 3.05) is 18.4 Å². The Bertz CT molecular complexity index is 507. The van der Waals surface area contributed by atoms with Crippen LogP contribution < -0.4 is 11.1 Å². The zero-order valence-electron chi connectivity index (χ0n) is 11.3. The minimum Gasteiger partial charge on any atom is -0.368 e. The van der Waals surface area contributed by atoms with Crippen molar-refractivity contribution in [1.29, 1.82) is 0 Å². The van der Waals surface area contributed by atoms with Crippen LogP contribution in [0.2, 0.25) is 0 Å². The Morgan fingerprint density at radius 3 is 2.63 bits per heavy atom. The van der Waals surface area contributed by atoms with Gasteiger partial charge in [-0.05, 0) is 36.2 Å². The first-order chi connectivity index (χ1) is 9.11. The summed E-state index contributed by atoms with van der Waals surface area (Å²) in [5.74, 6) is 0.758. The standard InChI is InChI=1S/C14H19N5/c1-14(2,9-15)10-17-13-6-5-12(18-19-13)11-4-3-7-16-8-11/h3-8H,9-10,15H2,1-2H3,(H,17,19). The van der Waals surface area contributed by atoms with Gasteiger partial charge in [0.1, 0.15) is 5.82 Å². The predicted octanol–water partition coefficient (Wildman–Crippen LogP) is 1.94. The molecule has 100 valence electrons. The lowest BCUT2D eigenvalue weighted by Gasteiger charge is -2.22. The summed E-state index contributed by atoms with van der Waals surface area (Å²) in [5.41, 5.74) is 7.51. The Labute approximate surface area is 113 Å². The van der Waals surface area contributed by atoms with Crippen LogP contribution in [0, 0.1) is 5.41 Å². The molecule has 0 bridgehead atoms. The van der Waals surface area contributed by atoms with Gasteiger partial charge in [-0.25, -0.2) is 0 Å². The maximum atomic E-state index is 5.69. The summed E-state index contributed by atoms with van der Waals surface area (Å²) in [5, 5.41) is 11.6. The molecule has 0 atom stereocenters. The SMILES string of the molecule is CC(C)(CN)CNc1ccc(-c2cccnc2)nn1. The second-order valence-corrected chi connectivity index (χ2v) is 5.27. The highest BCUT2D eigenvalue weighted by Crippen LogP contribution is 2.17. The second-order valence-electron chi connectivity index (χ2n) is 5.27. The van der Waals surface area contributed by atoms with Crippen LogP contribution in [0.4, 0.5) is 5.82 Å². The third-order valence-electron chi connectivity index (χ3n) is 2.92. The smallest absolute Gasteiger partial charge is 0.148 e. The fourth-order valence-corrected chi connectivity index (χ4v) is 1.50. The lowest BCUT2D eigenvalue weighted by Crippen LogP contribution is -2.31. The fourth-order valence-electron chi connectivity index (χ4n) is 1.50. The average Bonchev–Trinajstić information content (AvgIpc) is 2.47. The molecule has 0 aliphatic heterocycles. The molecule has 5 heteroatoms. The van der Waals surface area contributed by atoms with Gasteiger partial charge in [0.2, 0.25) is 0 Å². The summed E-state index contributed by atoms with van der Waals surface area (Å²) in [6.07, 6.45) is 3.51. The van der Waals surface area contributed by atoms with Crippen molar-refractivity contribution in [3.8, 4) is 11.3 Å². The van der Waals surface area contributed by atoms with E-state index in [4.69, 9.17) is 5.73 Å².